The first-order valence-electron chi connectivity index (χ1n) is 8.08. The van der Waals surface area contributed by atoms with E-state index in [9.17, 15) is 4.79 Å². The molecule has 1 aliphatic rings. The number of aryl methyl sites for hydroxylation is 2. The number of hydrogen-bond acceptors (Lipinski definition) is 5. The van der Waals surface area contributed by atoms with Gasteiger partial charge in [0.2, 0.25) is 0 Å². The van der Waals surface area contributed by atoms with Gasteiger partial charge in [0.1, 0.15) is 12.4 Å². The number of rotatable bonds is 6. The normalized spacial score (nSPS) is 14.8. The second kappa shape index (κ2) is 7.40. The van der Waals surface area contributed by atoms with Crippen molar-refractivity contribution in [2.24, 2.45) is 0 Å². The lowest BCUT2D eigenvalue weighted by molar-refractivity contribution is 0.111. The van der Waals surface area contributed by atoms with Gasteiger partial charge >= 0.3 is 0 Å². The minimum Gasteiger partial charge on any atom is -0.487 e. The molecule has 6 nitrogen and oxygen atoms in total. The zero-order valence-electron chi connectivity index (χ0n) is 14.0. The van der Waals surface area contributed by atoms with E-state index in [1.54, 1.807) is 18.5 Å². The molecule has 0 atom stereocenters. The van der Waals surface area contributed by atoms with E-state index in [1.807, 2.05) is 17.7 Å². The van der Waals surface area contributed by atoms with Crippen LogP contribution in [0.25, 0.3) is 5.57 Å². The first-order chi connectivity index (χ1) is 11.7. The van der Waals surface area contributed by atoms with Crippen molar-refractivity contribution in [2.45, 2.75) is 26.8 Å². The highest BCUT2D eigenvalue weighted by Gasteiger charge is 2.18. The van der Waals surface area contributed by atoms with Crippen molar-refractivity contribution in [3.05, 3.63) is 47.1 Å². The molecular weight excluding hydrogens is 306 g/mol. The summed E-state index contributed by atoms with van der Waals surface area (Å²) in [5.41, 5.74) is 4.67. The number of aromatic nitrogens is 3. The Kier molecular flexibility index (Phi) is 5.05. The van der Waals surface area contributed by atoms with Crippen LogP contribution in [0.15, 0.2) is 30.1 Å². The SMILES string of the molecule is CCn1nccc1C1=C(COc2cnc(C)cc2C=O)CCOC1. The van der Waals surface area contributed by atoms with Crippen LogP contribution in [0, 0.1) is 6.92 Å². The maximum absolute atomic E-state index is 11.2. The second-order valence-corrected chi connectivity index (χ2v) is 5.69. The summed E-state index contributed by atoms with van der Waals surface area (Å²) in [7, 11) is 0. The summed E-state index contributed by atoms with van der Waals surface area (Å²) in [5, 5.41) is 4.33. The van der Waals surface area contributed by atoms with Crippen molar-refractivity contribution in [1.29, 1.82) is 0 Å². The molecule has 0 bridgehead atoms. The van der Waals surface area contributed by atoms with Crippen LogP contribution in [0.1, 0.15) is 35.1 Å². The molecule has 0 amide bonds. The van der Waals surface area contributed by atoms with Gasteiger partial charge in [0.15, 0.2) is 6.29 Å². The molecule has 126 valence electrons. The molecule has 0 aromatic carbocycles. The molecule has 2 aromatic heterocycles. The fraction of sp³-hybridized carbons (Fsp3) is 0.389. The molecular formula is C18H21N3O3. The fourth-order valence-corrected chi connectivity index (χ4v) is 2.82. The van der Waals surface area contributed by atoms with Gasteiger partial charge in [0, 0.05) is 24.0 Å². The predicted molar refractivity (Wildman–Crippen MR) is 90.1 cm³/mol. The zero-order valence-corrected chi connectivity index (χ0v) is 14.0. The van der Waals surface area contributed by atoms with E-state index < -0.39 is 0 Å². The van der Waals surface area contributed by atoms with Gasteiger partial charge in [0.05, 0.1) is 30.7 Å². The van der Waals surface area contributed by atoms with Crippen molar-refractivity contribution < 1.29 is 14.3 Å². The quantitative estimate of drug-likeness (QED) is 0.763. The van der Waals surface area contributed by atoms with Crippen molar-refractivity contribution in [1.82, 2.24) is 14.8 Å². The van der Waals surface area contributed by atoms with E-state index in [1.165, 1.54) is 5.57 Å². The first-order valence-corrected chi connectivity index (χ1v) is 8.08. The number of carbonyl (C=O) groups excluding carboxylic acids is 1. The monoisotopic (exact) mass is 327 g/mol. The largest absolute Gasteiger partial charge is 0.487 e. The number of ether oxygens (including phenoxy) is 2. The maximum atomic E-state index is 11.2. The third-order valence-electron chi connectivity index (χ3n) is 4.11. The van der Waals surface area contributed by atoms with E-state index in [4.69, 9.17) is 9.47 Å². The number of nitrogens with zero attached hydrogens (tertiary/aromatic N) is 3. The molecule has 24 heavy (non-hydrogen) atoms. The average molecular weight is 327 g/mol. The van der Waals surface area contributed by atoms with E-state index in [-0.39, 0.29) is 0 Å². The van der Waals surface area contributed by atoms with Crippen LogP contribution in [-0.4, -0.2) is 40.9 Å². The Balaban J connectivity index is 1.85. The summed E-state index contributed by atoms with van der Waals surface area (Å²) in [6.45, 7) is 6.36. The summed E-state index contributed by atoms with van der Waals surface area (Å²) in [4.78, 5) is 15.4. The molecule has 0 fully saturated rings. The van der Waals surface area contributed by atoms with Crippen LogP contribution in [0.4, 0.5) is 0 Å². The van der Waals surface area contributed by atoms with E-state index in [0.717, 1.165) is 36.2 Å². The minimum absolute atomic E-state index is 0.416. The van der Waals surface area contributed by atoms with Gasteiger partial charge in [-0.1, -0.05) is 0 Å². The molecule has 1 aliphatic heterocycles. The molecule has 2 aromatic rings. The predicted octanol–water partition coefficient (Wildman–Crippen LogP) is 2.67. The fourth-order valence-electron chi connectivity index (χ4n) is 2.82. The second-order valence-electron chi connectivity index (χ2n) is 5.69. The van der Waals surface area contributed by atoms with Crippen molar-refractivity contribution in [3.63, 3.8) is 0 Å². The summed E-state index contributed by atoms with van der Waals surface area (Å²) in [5.74, 6) is 0.512. The molecule has 0 aliphatic carbocycles. The van der Waals surface area contributed by atoms with Crippen molar-refractivity contribution in [2.75, 3.05) is 19.8 Å². The average Bonchev–Trinajstić information content (AvgIpc) is 3.09. The molecule has 0 N–H and O–H groups in total. The van der Waals surface area contributed by atoms with Crippen LogP contribution < -0.4 is 4.74 Å². The Morgan fingerprint density at radius 2 is 2.33 bits per heavy atom. The van der Waals surface area contributed by atoms with Gasteiger partial charge in [-0.3, -0.25) is 14.5 Å². The molecule has 0 saturated heterocycles. The molecule has 6 heteroatoms. The van der Waals surface area contributed by atoms with Crippen molar-refractivity contribution in [3.8, 4) is 5.75 Å². The van der Waals surface area contributed by atoms with Gasteiger partial charge in [-0.25, -0.2) is 0 Å². The third-order valence-corrected chi connectivity index (χ3v) is 4.11. The Morgan fingerprint density at radius 3 is 3.12 bits per heavy atom. The lowest BCUT2D eigenvalue weighted by Crippen LogP contribution is -2.18. The van der Waals surface area contributed by atoms with E-state index >= 15 is 0 Å². The lowest BCUT2D eigenvalue weighted by atomic mass is 10.0. The molecule has 0 radical (unpaired) electrons. The number of hydrogen-bond donors (Lipinski definition) is 0. The third kappa shape index (κ3) is 3.38. The van der Waals surface area contributed by atoms with Crippen LogP contribution in [0.3, 0.4) is 0 Å². The van der Waals surface area contributed by atoms with Crippen LogP contribution in [0.2, 0.25) is 0 Å². The Morgan fingerprint density at radius 1 is 1.46 bits per heavy atom. The van der Waals surface area contributed by atoms with Gasteiger partial charge in [-0.05, 0) is 38.0 Å². The Bertz CT molecular complexity index is 765. The van der Waals surface area contributed by atoms with E-state index in [2.05, 4.69) is 17.0 Å². The summed E-state index contributed by atoms with van der Waals surface area (Å²) in [6.07, 6.45) is 5.01. The lowest BCUT2D eigenvalue weighted by Gasteiger charge is -2.22. The standard InChI is InChI=1S/C18H21N3O3/c1-3-21-17(4-6-20-21)16-12-23-7-5-14(16)11-24-18-9-19-13(2)8-15(18)10-22/h4,6,8-10H,3,5,7,11-12H2,1-2H3. The van der Waals surface area contributed by atoms with E-state index in [0.29, 0.717) is 31.1 Å². The summed E-state index contributed by atoms with van der Waals surface area (Å²) >= 11 is 0. The van der Waals surface area contributed by atoms with Crippen LogP contribution >= 0.6 is 0 Å². The topological polar surface area (TPSA) is 66.2 Å². The molecule has 0 saturated carbocycles. The van der Waals surface area contributed by atoms with Crippen LogP contribution in [0.5, 0.6) is 5.75 Å². The molecule has 0 unspecified atom stereocenters. The molecule has 0 spiro atoms. The maximum Gasteiger partial charge on any atom is 0.153 e. The number of aldehydes is 1. The highest BCUT2D eigenvalue weighted by molar-refractivity contribution is 5.79. The Labute approximate surface area is 141 Å². The highest BCUT2D eigenvalue weighted by Crippen LogP contribution is 2.26. The number of pyridine rings is 1. The highest BCUT2D eigenvalue weighted by atomic mass is 16.5. The van der Waals surface area contributed by atoms with Crippen molar-refractivity contribution >= 4 is 11.9 Å². The van der Waals surface area contributed by atoms with Gasteiger partial charge in [0.25, 0.3) is 0 Å². The minimum atomic E-state index is 0.416. The Hall–Kier alpha value is -2.47. The summed E-state index contributed by atoms with van der Waals surface area (Å²) in [6, 6.07) is 3.73. The van der Waals surface area contributed by atoms with Crippen LogP contribution in [-0.2, 0) is 11.3 Å². The van der Waals surface area contributed by atoms with Gasteiger partial charge in [-0.2, -0.15) is 5.10 Å². The zero-order chi connectivity index (χ0) is 16.9. The molecule has 3 rings (SSSR count). The molecule has 3 heterocycles. The first kappa shape index (κ1) is 16.4. The number of carbonyl (C=O) groups is 1. The van der Waals surface area contributed by atoms with Gasteiger partial charge < -0.3 is 9.47 Å². The van der Waals surface area contributed by atoms with Gasteiger partial charge in [-0.15, -0.1) is 0 Å². The smallest absolute Gasteiger partial charge is 0.153 e. The summed E-state index contributed by atoms with van der Waals surface area (Å²) < 4.78 is 13.5.